The number of nitriles is 1. The molecule has 0 saturated carbocycles. The highest BCUT2D eigenvalue weighted by Crippen LogP contribution is 2.20. The fraction of sp³-hybridized carbons (Fsp3) is 0.217. The third-order valence-corrected chi connectivity index (χ3v) is 5.65. The molecule has 10 nitrogen and oxygen atoms in total. The molecule has 35 heavy (non-hydrogen) atoms. The fourth-order valence-corrected chi connectivity index (χ4v) is 3.63. The summed E-state index contributed by atoms with van der Waals surface area (Å²) in [4.78, 5) is 40.4. The first-order valence-corrected chi connectivity index (χ1v) is 10.9. The number of hydrogen-bond donors (Lipinski definition) is 3. The smallest absolute Gasteiger partial charge is 0.269 e. The maximum Gasteiger partial charge on any atom is 0.269 e. The van der Waals surface area contributed by atoms with Crippen LogP contribution in [0.4, 0.5) is 10.1 Å². The normalized spacial score (nSPS) is 13.7. The highest BCUT2D eigenvalue weighted by atomic mass is 35.5. The van der Waals surface area contributed by atoms with E-state index in [1.165, 1.54) is 21.9 Å². The monoisotopic (exact) mass is 499 g/mol. The van der Waals surface area contributed by atoms with E-state index in [0.29, 0.717) is 11.3 Å². The molecule has 1 fully saturated rings. The molecular weight excluding hydrogens is 477 g/mol. The lowest BCUT2D eigenvalue weighted by molar-refractivity contribution is -0.133. The summed E-state index contributed by atoms with van der Waals surface area (Å²) in [6.45, 7) is 0.624. The van der Waals surface area contributed by atoms with Gasteiger partial charge in [-0.3, -0.25) is 19.4 Å². The molecule has 0 unspecified atom stereocenters. The maximum atomic E-state index is 13.5. The number of nitrogens with one attached hydrogen (secondary N) is 1. The van der Waals surface area contributed by atoms with Crippen LogP contribution in [0.5, 0.6) is 0 Å². The van der Waals surface area contributed by atoms with E-state index in [-0.39, 0.29) is 54.9 Å². The number of piperazine rings is 1. The third kappa shape index (κ3) is 6.26. The third-order valence-electron chi connectivity index (χ3n) is 5.32. The summed E-state index contributed by atoms with van der Waals surface area (Å²) < 4.78 is 13.5. The van der Waals surface area contributed by atoms with Gasteiger partial charge in [-0.1, -0.05) is 23.7 Å². The molecule has 12 heteroatoms. The number of nitrogens with two attached hydrogens (primary N) is 2. The molecule has 3 rings (SSSR count). The number of carbonyl (C=O) groups excluding carboxylic acids is 3. The minimum Gasteiger partial charge on any atom is -0.393 e. The second-order valence-electron chi connectivity index (χ2n) is 7.60. The molecule has 1 saturated heterocycles. The number of hydrogen-bond acceptors (Lipinski definition) is 7. The van der Waals surface area contributed by atoms with Gasteiger partial charge in [-0.15, -0.1) is 0 Å². The van der Waals surface area contributed by atoms with Gasteiger partial charge < -0.3 is 20.9 Å². The number of amides is 3. The van der Waals surface area contributed by atoms with Crippen LogP contribution < -0.4 is 21.9 Å². The molecule has 0 bridgehead atoms. The van der Waals surface area contributed by atoms with E-state index in [4.69, 9.17) is 28.4 Å². The van der Waals surface area contributed by atoms with Crippen LogP contribution in [0.1, 0.15) is 15.9 Å². The van der Waals surface area contributed by atoms with Crippen LogP contribution >= 0.6 is 11.6 Å². The Labute approximate surface area is 206 Å². The molecular formula is C23H23ClFN7O3. The zero-order valence-corrected chi connectivity index (χ0v) is 19.3. The predicted octanol–water partition coefficient (Wildman–Crippen LogP) is 0.932. The topological polar surface area (TPSA) is 149 Å². The molecule has 3 amide bonds. The lowest BCUT2D eigenvalue weighted by atomic mass is 10.1. The molecule has 0 atom stereocenters. The number of hydrazine groups is 1. The number of halogens is 2. The summed E-state index contributed by atoms with van der Waals surface area (Å²) in [5.41, 5.74) is 6.24. The van der Waals surface area contributed by atoms with Crippen LogP contribution in [0.2, 0.25) is 5.02 Å². The van der Waals surface area contributed by atoms with Gasteiger partial charge >= 0.3 is 0 Å². The molecule has 5 N–H and O–H groups in total. The Bertz CT molecular complexity index is 1210. The molecule has 1 aliphatic rings. The van der Waals surface area contributed by atoms with Gasteiger partial charge in [-0.2, -0.15) is 5.26 Å². The second-order valence-corrected chi connectivity index (χ2v) is 8.01. The highest BCUT2D eigenvalue weighted by molar-refractivity contribution is 6.33. The van der Waals surface area contributed by atoms with Crippen molar-refractivity contribution in [1.29, 1.82) is 5.26 Å². The Morgan fingerprint density at radius 1 is 1.14 bits per heavy atom. The lowest BCUT2D eigenvalue weighted by Crippen LogP contribution is -2.52. The molecule has 2 aromatic rings. The molecule has 0 aliphatic carbocycles. The summed E-state index contributed by atoms with van der Waals surface area (Å²) in [7, 11) is 0. The van der Waals surface area contributed by atoms with Crippen LogP contribution in [-0.2, 0) is 9.59 Å². The van der Waals surface area contributed by atoms with E-state index in [1.54, 1.807) is 24.3 Å². The van der Waals surface area contributed by atoms with Gasteiger partial charge in [-0.05, 0) is 30.3 Å². The van der Waals surface area contributed by atoms with Crippen molar-refractivity contribution in [2.45, 2.75) is 0 Å². The first-order chi connectivity index (χ1) is 16.7. The van der Waals surface area contributed by atoms with Crippen molar-refractivity contribution in [3.05, 3.63) is 76.3 Å². The van der Waals surface area contributed by atoms with Gasteiger partial charge in [0.15, 0.2) is 0 Å². The SMILES string of the molecule is N#Cc1ccccc1N(N)/C=C(\N)C(=O)NCC(=O)N1CCN(C(=O)c2cc(F)ccc2Cl)CC1. The first-order valence-electron chi connectivity index (χ1n) is 10.5. The predicted molar refractivity (Wildman–Crippen MR) is 127 cm³/mol. The number of anilines is 1. The zero-order chi connectivity index (χ0) is 25.5. The summed E-state index contributed by atoms with van der Waals surface area (Å²) in [5, 5.41) is 12.8. The number of rotatable bonds is 6. The van der Waals surface area contributed by atoms with Crippen LogP contribution in [0.15, 0.2) is 54.4 Å². The summed E-state index contributed by atoms with van der Waals surface area (Å²) in [5.74, 6) is 3.83. The van der Waals surface area contributed by atoms with Crippen LogP contribution in [0.3, 0.4) is 0 Å². The van der Waals surface area contributed by atoms with Crippen molar-refractivity contribution < 1.29 is 18.8 Å². The zero-order valence-electron chi connectivity index (χ0n) is 18.6. The van der Waals surface area contributed by atoms with E-state index in [1.807, 2.05) is 6.07 Å². The van der Waals surface area contributed by atoms with Crippen molar-refractivity contribution >= 4 is 35.0 Å². The Morgan fingerprint density at radius 2 is 1.80 bits per heavy atom. The molecule has 1 aliphatic heterocycles. The van der Waals surface area contributed by atoms with Gasteiger partial charge in [0.05, 0.1) is 34.6 Å². The van der Waals surface area contributed by atoms with Crippen molar-refractivity contribution in [3.8, 4) is 6.07 Å². The lowest BCUT2D eigenvalue weighted by Gasteiger charge is -2.35. The van der Waals surface area contributed by atoms with Crippen molar-refractivity contribution in [3.63, 3.8) is 0 Å². The Morgan fingerprint density at radius 3 is 2.49 bits per heavy atom. The molecule has 0 spiro atoms. The van der Waals surface area contributed by atoms with E-state index >= 15 is 0 Å². The van der Waals surface area contributed by atoms with Crippen molar-refractivity contribution in [2.75, 3.05) is 37.7 Å². The van der Waals surface area contributed by atoms with Gasteiger partial charge in [-0.25, -0.2) is 10.2 Å². The summed E-state index contributed by atoms with van der Waals surface area (Å²) in [6, 6.07) is 12.1. The molecule has 2 aromatic carbocycles. The second kappa shape index (κ2) is 11.3. The van der Waals surface area contributed by atoms with Gasteiger partial charge in [0, 0.05) is 26.2 Å². The summed E-state index contributed by atoms with van der Waals surface area (Å²) in [6.07, 6.45) is 1.15. The quantitative estimate of drug-likeness (QED) is 0.304. The van der Waals surface area contributed by atoms with E-state index in [0.717, 1.165) is 17.3 Å². The van der Waals surface area contributed by atoms with E-state index in [9.17, 15) is 18.8 Å². The maximum absolute atomic E-state index is 13.5. The number of nitrogens with zero attached hydrogens (tertiary/aromatic N) is 4. The number of para-hydroxylation sites is 1. The van der Waals surface area contributed by atoms with Crippen LogP contribution in [-0.4, -0.2) is 60.2 Å². The van der Waals surface area contributed by atoms with Crippen molar-refractivity contribution in [1.82, 2.24) is 15.1 Å². The molecule has 1 heterocycles. The number of benzene rings is 2. The molecule has 182 valence electrons. The Hall–Kier alpha value is -4.14. The van der Waals surface area contributed by atoms with Gasteiger partial charge in [0.25, 0.3) is 11.8 Å². The van der Waals surface area contributed by atoms with Crippen molar-refractivity contribution in [2.24, 2.45) is 11.6 Å². The van der Waals surface area contributed by atoms with Crippen LogP contribution in [0, 0.1) is 17.1 Å². The standard InChI is InChI=1S/C23H23ClFN7O3/c24-18-6-5-16(25)11-17(18)23(35)31-9-7-30(8-10-31)21(33)13-29-22(34)19(27)14-32(28)20-4-2-1-3-15(20)12-26/h1-6,11,14H,7-10,13,27-28H2,(H,29,34)/b19-14-. The number of carbonyl (C=O) groups is 3. The minimum absolute atomic E-state index is 0.0623. The van der Waals surface area contributed by atoms with Gasteiger partial charge in [0.1, 0.15) is 17.6 Å². The average Bonchev–Trinajstić information content (AvgIpc) is 2.87. The largest absolute Gasteiger partial charge is 0.393 e. The first kappa shape index (κ1) is 25.5. The van der Waals surface area contributed by atoms with Gasteiger partial charge in [0.2, 0.25) is 5.91 Å². The Balaban J connectivity index is 1.50. The fourth-order valence-electron chi connectivity index (χ4n) is 3.43. The Kier molecular flexibility index (Phi) is 8.25. The molecule has 0 radical (unpaired) electrons. The molecule has 0 aromatic heterocycles. The van der Waals surface area contributed by atoms with E-state index in [2.05, 4.69) is 5.32 Å². The van der Waals surface area contributed by atoms with Crippen LogP contribution in [0.25, 0.3) is 0 Å². The van der Waals surface area contributed by atoms with E-state index < -0.39 is 17.6 Å². The minimum atomic E-state index is -0.710. The average molecular weight is 500 g/mol. The summed E-state index contributed by atoms with van der Waals surface area (Å²) >= 11 is 6.01. The highest BCUT2D eigenvalue weighted by Gasteiger charge is 2.26.